The molecule has 0 aliphatic carbocycles. The second-order valence-corrected chi connectivity index (χ2v) is 11.3. The van der Waals surface area contributed by atoms with E-state index in [0.717, 1.165) is 19.4 Å². The van der Waals surface area contributed by atoms with Crippen molar-refractivity contribution in [2.75, 3.05) is 20.3 Å². The summed E-state index contributed by atoms with van der Waals surface area (Å²) < 4.78 is 37.3. The van der Waals surface area contributed by atoms with E-state index in [-0.39, 0.29) is 11.1 Å². The summed E-state index contributed by atoms with van der Waals surface area (Å²) in [5, 5.41) is 71.3. The van der Waals surface area contributed by atoms with Gasteiger partial charge in [-0.3, -0.25) is 4.79 Å². The maximum absolute atomic E-state index is 13.1. The van der Waals surface area contributed by atoms with E-state index in [9.17, 15) is 50.1 Å². The molecule has 1 aromatic rings. The number of allylic oxidation sites excluding steroid dienone is 1. The van der Waals surface area contributed by atoms with E-state index in [0.29, 0.717) is 5.56 Å². The summed E-state index contributed by atoms with van der Waals surface area (Å²) in [7, 11) is 1.10. The Bertz CT molecular complexity index is 1380. The predicted molar refractivity (Wildman–Crippen MR) is 161 cm³/mol. The Labute approximate surface area is 280 Å². The highest BCUT2D eigenvalue weighted by atomic mass is 16.8. The summed E-state index contributed by atoms with van der Waals surface area (Å²) in [4.78, 5) is 38.1. The second-order valence-electron chi connectivity index (χ2n) is 11.3. The van der Waals surface area contributed by atoms with Crippen molar-refractivity contribution in [3.63, 3.8) is 0 Å². The Morgan fingerprint density at radius 1 is 0.857 bits per heavy atom. The number of hydrogen-bond acceptors (Lipinski definition) is 17. The monoisotopic (exact) mass is 696 g/mol. The van der Waals surface area contributed by atoms with Crippen LogP contribution in [0.25, 0.3) is 6.08 Å². The van der Waals surface area contributed by atoms with Crippen molar-refractivity contribution in [1.29, 1.82) is 0 Å². The quantitative estimate of drug-likeness (QED) is 0.0559. The smallest absolute Gasteiger partial charge is 0.337 e. The Morgan fingerprint density at radius 2 is 1.49 bits per heavy atom. The van der Waals surface area contributed by atoms with Gasteiger partial charge in [0.05, 0.1) is 32.0 Å². The first kappa shape index (κ1) is 38.1. The van der Waals surface area contributed by atoms with Crippen molar-refractivity contribution < 1.29 is 83.3 Å². The van der Waals surface area contributed by atoms with Gasteiger partial charge in [-0.25, -0.2) is 9.59 Å². The number of aliphatic hydroxyl groups excluding tert-OH is 7. The van der Waals surface area contributed by atoms with Crippen molar-refractivity contribution in [1.82, 2.24) is 0 Å². The predicted octanol–water partition coefficient (Wildman–Crippen LogP) is -2.22. The van der Waals surface area contributed by atoms with Crippen molar-refractivity contribution in [2.45, 2.75) is 81.0 Å². The summed E-state index contributed by atoms with van der Waals surface area (Å²) in [5.41, 5.74) is 0.733. The zero-order chi connectivity index (χ0) is 35.8. The first-order chi connectivity index (χ1) is 23.4. The third-order valence-corrected chi connectivity index (χ3v) is 8.12. The summed E-state index contributed by atoms with van der Waals surface area (Å²) in [6.07, 6.45) is -13.6. The maximum Gasteiger partial charge on any atom is 0.337 e. The molecule has 2 fully saturated rings. The Balaban J connectivity index is 1.41. The molecule has 0 radical (unpaired) electrons. The lowest BCUT2D eigenvalue weighted by Crippen LogP contribution is -2.60. The molecule has 270 valence electrons. The van der Waals surface area contributed by atoms with Gasteiger partial charge in [0.25, 0.3) is 0 Å². The fourth-order valence-corrected chi connectivity index (χ4v) is 5.36. The van der Waals surface area contributed by atoms with E-state index in [2.05, 4.69) is 0 Å². The topological polar surface area (TPSA) is 257 Å². The SMILES string of the molecule is CC=C1[C@@H](O[C@@H]2O[C@@H](CO)[C@H](O)[C@@H](O)[C@@H]2O)OC=C(C(=O)OC)[C@@H]1CC(=O)OC[C@@H]1O[C@H](OC(=O)C=Cc2ccccc2)[C@@H](O)[C@H](O)[C@H]1O. The number of methoxy groups -OCH3 is 1. The molecule has 0 amide bonds. The van der Waals surface area contributed by atoms with Gasteiger partial charge in [0.15, 0.2) is 6.29 Å². The lowest BCUT2D eigenvalue weighted by atomic mass is 9.86. The Kier molecular flexibility index (Phi) is 13.4. The third-order valence-electron chi connectivity index (χ3n) is 8.12. The van der Waals surface area contributed by atoms with E-state index in [1.807, 2.05) is 0 Å². The lowest BCUT2D eigenvalue weighted by molar-refractivity contribution is -0.327. The molecule has 7 N–H and O–H groups in total. The van der Waals surface area contributed by atoms with Gasteiger partial charge in [0.1, 0.15) is 55.4 Å². The maximum atomic E-state index is 13.1. The molecular weight excluding hydrogens is 656 g/mol. The van der Waals surface area contributed by atoms with Crippen molar-refractivity contribution in [2.24, 2.45) is 5.92 Å². The van der Waals surface area contributed by atoms with Gasteiger partial charge in [-0.1, -0.05) is 36.4 Å². The molecule has 0 aromatic heterocycles. The standard InChI is InChI=1S/C32H40O17/c1-3-16-17(18(29(42)43-2)13-45-30(16)49-32-28(41)25(38)23(36)19(12-33)46-32)11-22(35)44-14-20-24(37)26(39)27(40)31(47-20)48-21(34)10-9-15-7-5-4-6-8-15/h3-10,13,17,19-20,23-28,30-33,36-41H,11-12,14H2,1-2H3/t17-,19+,20+,23+,24+,25-,26-,27+,28+,30-,31-,32+/m1/s1. The molecule has 0 spiro atoms. The van der Waals surface area contributed by atoms with Gasteiger partial charge >= 0.3 is 17.9 Å². The summed E-state index contributed by atoms with van der Waals surface area (Å²) >= 11 is 0. The highest BCUT2D eigenvalue weighted by molar-refractivity contribution is 5.90. The van der Waals surface area contributed by atoms with E-state index in [4.69, 9.17) is 33.2 Å². The van der Waals surface area contributed by atoms with Crippen LogP contribution in [0.5, 0.6) is 0 Å². The number of carbonyl (C=O) groups excluding carboxylic acids is 3. The van der Waals surface area contributed by atoms with Crippen LogP contribution in [0, 0.1) is 5.92 Å². The third kappa shape index (κ3) is 9.08. The molecule has 2 saturated heterocycles. The first-order valence-electron chi connectivity index (χ1n) is 15.2. The van der Waals surface area contributed by atoms with Crippen LogP contribution in [0.2, 0.25) is 0 Å². The Morgan fingerprint density at radius 3 is 2.12 bits per heavy atom. The van der Waals surface area contributed by atoms with Crippen LogP contribution in [-0.2, 0) is 47.5 Å². The van der Waals surface area contributed by atoms with E-state index in [1.54, 1.807) is 30.3 Å². The van der Waals surface area contributed by atoms with Crippen LogP contribution in [0.3, 0.4) is 0 Å². The molecule has 3 aliphatic heterocycles. The molecule has 0 unspecified atom stereocenters. The first-order valence-corrected chi connectivity index (χ1v) is 15.2. The van der Waals surface area contributed by atoms with Crippen LogP contribution in [-0.4, -0.2) is 142 Å². The molecule has 17 nitrogen and oxygen atoms in total. The minimum absolute atomic E-state index is 0.121. The highest BCUT2D eigenvalue weighted by Gasteiger charge is 2.48. The zero-order valence-electron chi connectivity index (χ0n) is 26.5. The minimum Gasteiger partial charge on any atom is -0.468 e. The van der Waals surface area contributed by atoms with Crippen LogP contribution in [0.4, 0.5) is 0 Å². The lowest BCUT2D eigenvalue weighted by Gasteiger charge is -2.42. The van der Waals surface area contributed by atoms with E-state index < -0.39 is 111 Å². The fourth-order valence-electron chi connectivity index (χ4n) is 5.36. The van der Waals surface area contributed by atoms with Crippen LogP contribution < -0.4 is 0 Å². The van der Waals surface area contributed by atoms with Gasteiger partial charge < -0.3 is 68.9 Å². The van der Waals surface area contributed by atoms with Gasteiger partial charge in [0.2, 0.25) is 12.6 Å². The molecule has 4 rings (SSSR count). The average molecular weight is 697 g/mol. The van der Waals surface area contributed by atoms with E-state index in [1.165, 1.54) is 19.1 Å². The molecule has 1 aromatic carbocycles. The Hall–Kier alpha value is -3.75. The van der Waals surface area contributed by atoms with Crippen LogP contribution in [0.1, 0.15) is 18.9 Å². The van der Waals surface area contributed by atoms with Gasteiger partial charge in [-0.2, -0.15) is 0 Å². The highest BCUT2D eigenvalue weighted by Crippen LogP contribution is 2.36. The average Bonchev–Trinajstić information content (AvgIpc) is 3.10. The molecule has 49 heavy (non-hydrogen) atoms. The number of hydrogen-bond donors (Lipinski definition) is 7. The van der Waals surface area contributed by atoms with Crippen LogP contribution >= 0.6 is 0 Å². The number of ether oxygens (including phenoxy) is 7. The normalized spacial score (nSPS) is 35.7. The summed E-state index contributed by atoms with van der Waals surface area (Å²) in [6, 6.07) is 8.77. The molecule has 12 atom stereocenters. The molecule has 0 saturated carbocycles. The summed E-state index contributed by atoms with van der Waals surface area (Å²) in [6.45, 7) is 0.155. The van der Waals surface area contributed by atoms with Crippen LogP contribution in [0.15, 0.2) is 59.9 Å². The molecule has 3 heterocycles. The number of aliphatic hydroxyl groups is 7. The van der Waals surface area contributed by atoms with Gasteiger partial charge in [-0.15, -0.1) is 0 Å². The molecule has 17 heteroatoms. The summed E-state index contributed by atoms with van der Waals surface area (Å²) in [5.74, 6) is -3.82. The van der Waals surface area contributed by atoms with Crippen molar-refractivity contribution >= 4 is 24.0 Å². The number of benzene rings is 1. The van der Waals surface area contributed by atoms with E-state index >= 15 is 0 Å². The molecule has 3 aliphatic rings. The van der Waals surface area contributed by atoms with Gasteiger partial charge in [0, 0.05) is 17.6 Å². The van der Waals surface area contributed by atoms with Crippen molar-refractivity contribution in [3.05, 3.63) is 65.5 Å². The number of esters is 3. The zero-order valence-corrected chi connectivity index (χ0v) is 26.5. The van der Waals surface area contributed by atoms with Gasteiger partial charge in [-0.05, 0) is 18.6 Å². The minimum atomic E-state index is -1.84. The largest absolute Gasteiger partial charge is 0.468 e. The molecule has 0 bridgehead atoms. The molecular formula is C32H40O17. The number of carbonyl (C=O) groups is 3. The fraction of sp³-hybridized carbons (Fsp3) is 0.531. The number of rotatable bonds is 11. The second kappa shape index (κ2) is 17.3. The van der Waals surface area contributed by atoms with Crippen molar-refractivity contribution in [3.8, 4) is 0 Å².